The summed E-state index contributed by atoms with van der Waals surface area (Å²) in [5.74, 6) is -0.957. The Kier molecular flexibility index (Phi) is 6.49. The molecule has 0 saturated heterocycles. The van der Waals surface area contributed by atoms with Gasteiger partial charge in [0.25, 0.3) is 0 Å². The molecule has 24 heavy (non-hydrogen) atoms. The lowest BCUT2D eigenvalue weighted by molar-refractivity contribution is -0.123. The number of thiazole rings is 1. The van der Waals surface area contributed by atoms with Crippen molar-refractivity contribution in [2.45, 2.75) is 32.6 Å². The van der Waals surface area contributed by atoms with Crippen LogP contribution in [0.2, 0.25) is 0 Å². The second kappa shape index (κ2) is 8.59. The molecule has 0 aliphatic carbocycles. The van der Waals surface area contributed by atoms with Gasteiger partial charge in [-0.05, 0) is 11.5 Å². The first-order chi connectivity index (χ1) is 11.5. The number of amides is 1. The van der Waals surface area contributed by atoms with Crippen LogP contribution in [0.4, 0.5) is 0 Å². The van der Waals surface area contributed by atoms with E-state index in [2.05, 4.69) is 24.1 Å². The summed E-state index contributed by atoms with van der Waals surface area (Å²) < 4.78 is 0. The number of hydrogen-bond acceptors (Lipinski definition) is 4. The molecule has 0 aliphatic heterocycles. The fraction of sp³-hybridized carbons (Fsp3) is 0.389. The van der Waals surface area contributed by atoms with Gasteiger partial charge < -0.3 is 10.4 Å². The predicted molar refractivity (Wildman–Crippen MR) is 94.4 cm³/mol. The Hall–Kier alpha value is -2.21. The molecule has 1 heterocycles. The van der Waals surface area contributed by atoms with Gasteiger partial charge in [-0.25, -0.2) is 9.78 Å². The summed E-state index contributed by atoms with van der Waals surface area (Å²) in [4.78, 5) is 27.5. The third kappa shape index (κ3) is 4.64. The number of hydrogen-bond donors (Lipinski definition) is 2. The van der Waals surface area contributed by atoms with E-state index in [4.69, 9.17) is 5.11 Å². The number of rotatable bonds is 8. The second-order valence-electron chi connectivity index (χ2n) is 5.75. The minimum Gasteiger partial charge on any atom is -0.476 e. The number of nitrogens with one attached hydrogen (secondary N) is 1. The highest BCUT2D eigenvalue weighted by Crippen LogP contribution is 2.27. The van der Waals surface area contributed by atoms with E-state index in [0.717, 1.165) is 12.0 Å². The fourth-order valence-corrected chi connectivity index (χ4v) is 3.33. The molecule has 1 aromatic heterocycles. The van der Waals surface area contributed by atoms with Crippen molar-refractivity contribution in [1.29, 1.82) is 0 Å². The van der Waals surface area contributed by atoms with Crippen LogP contribution in [0.3, 0.4) is 0 Å². The van der Waals surface area contributed by atoms with Crippen molar-refractivity contribution in [2.75, 3.05) is 6.54 Å². The van der Waals surface area contributed by atoms with Gasteiger partial charge in [0.1, 0.15) is 0 Å². The highest BCUT2D eigenvalue weighted by atomic mass is 32.1. The van der Waals surface area contributed by atoms with E-state index in [1.165, 1.54) is 16.7 Å². The van der Waals surface area contributed by atoms with Gasteiger partial charge in [-0.1, -0.05) is 50.6 Å². The van der Waals surface area contributed by atoms with Crippen LogP contribution in [0.5, 0.6) is 0 Å². The highest BCUT2D eigenvalue weighted by molar-refractivity contribution is 7.09. The summed E-state index contributed by atoms with van der Waals surface area (Å²) in [7, 11) is 0. The van der Waals surface area contributed by atoms with Gasteiger partial charge in [-0.2, -0.15) is 0 Å². The third-order valence-electron chi connectivity index (χ3n) is 4.06. The first-order valence-electron chi connectivity index (χ1n) is 8.03. The maximum absolute atomic E-state index is 12.6. The van der Waals surface area contributed by atoms with Gasteiger partial charge >= 0.3 is 5.97 Å². The number of carboxylic acids is 1. The molecule has 5 nitrogen and oxygen atoms in total. The minimum atomic E-state index is -1.03. The molecule has 0 bridgehead atoms. The Labute approximate surface area is 145 Å². The van der Waals surface area contributed by atoms with Crippen LogP contribution in [0.1, 0.15) is 47.2 Å². The number of benzene rings is 1. The van der Waals surface area contributed by atoms with Gasteiger partial charge in [0.2, 0.25) is 5.91 Å². The lowest BCUT2D eigenvalue weighted by Crippen LogP contribution is -2.34. The first kappa shape index (κ1) is 18.1. The normalized spacial score (nSPS) is 13.2. The number of nitrogens with zero attached hydrogens (tertiary/aromatic N) is 1. The molecule has 0 aliphatic rings. The van der Waals surface area contributed by atoms with Crippen LogP contribution in [-0.2, 0) is 11.2 Å². The molecule has 0 fully saturated rings. The number of aromatic nitrogens is 1. The molecule has 2 rings (SSSR count). The number of carbonyl (C=O) groups excluding carboxylic acids is 1. The minimum absolute atomic E-state index is 0.00515. The van der Waals surface area contributed by atoms with E-state index >= 15 is 0 Å². The standard InChI is InChI=1S/C18H22N2O3S/c1-3-12(2)16(13-7-5-4-6-8-13)17(21)19-10-9-15-20-14(11-24-15)18(22)23/h4-8,11-12,16H,3,9-10H2,1-2H3,(H,19,21)(H,22,23). The van der Waals surface area contributed by atoms with Crippen molar-refractivity contribution in [2.24, 2.45) is 5.92 Å². The van der Waals surface area contributed by atoms with E-state index in [0.29, 0.717) is 18.0 Å². The molecule has 1 amide bonds. The first-order valence-corrected chi connectivity index (χ1v) is 8.91. The van der Waals surface area contributed by atoms with Gasteiger partial charge in [-0.15, -0.1) is 11.3 Å². The zero-order valence-corrected chi connectivity index (χ0v) is 14.7. The lowest BCUT2D eigenvalue weighted by atomic mass is 9.85. The van der Waals surface area contributed by atoms with E-state index < -0.39 is 5.97 Å². The average Bonchev–Trinajstić information content (AvgIpc) is 3.05. The largest absolute Gasteiger partial charge is 0.476 e. The van der Waals surface area contributed by atoms with Crippen molar-refractivity contribution in [3.05, 3.63) is 52.0 Å². The van der Waals surface area contributed by atoms with Crippen molar-refractivity contribution in [1.82, 2.24) is 10.3 Å². The van der Waals surface area contributed by atoms with Gasteiger partial charge in [-0.3, -0.25) is 4.79 Å². The number of carbonyl (C=O) groups is 2. The molecule has 2 N–H and O–H groups in total. The molecule has 0 saturated carbocycles. The summed E-state index contributed by atoms with van der Waals surface area (Å²) in [6.07, 6.45) is 1.45. The molecule has 2 aromatic rings. The lowest BCUT2D eigenvalue weighted by Gasteiger charge is -2.22. The Morgan fingerprint density at radius 1 is 1.29 bits per heavy atom. The summed E-state index contributed by atoms with van der Waals surface area (Å²) in [6, 6.07) is 9.80. The van der Waals surface area contributed by atoms with Crippen LogP contribution in [0.15, 0.2) is 35.7 Å². The second-order valence-corrected chi connectivity index (χ2v) is 6.69. The molecule has 2 unspecified atom stereocenters. The van der Waals surface area contributed by atoms with E-state index in [9.17, 15) is 9.59 Å². The third-order valence-corrected chi connectivity index (χ3v) is 4.97. The maximum Gasteiger partial charge on any atom is 0.355 e. The van der Waals surface area contributed by atoms with Crippen LogP contribution >= 0.6 is 11.3 Å². The van der Waals surface area contributed by atoms with Crippen LogP contribution in [0, 0.1) is 5.92 Å². The van der Waals surface area contributed by atoms with Gasteiger partial charge in [0.05, 0.1) is 10.9 Å². The van der Waals surface area contributed by atoms with Crippen molar-refractivity contribution < 1.29 is 14.7 Å². The Morgan fingerprint density at radius 3 is 2.58 bits per heavy atom. The molecule has 0 radical (unpaired) electrons. The molecule has 1 aromatic carbocycles. The Morgan fingerprint density at radius 2 is 2.00 bits per heavy atom. The molecule has 2 atom stereocenters. The Bertz CT molecular complexity index is 685. The summed E-state index contributed by atoms with van der Waals surface area (Å²) >= 11 is 1.30. The van der Waals surface area contributed by atoms with Crippen molar-refractivity contribution in [3.8, 4) is 0 Å². The maximum atomic E-state index is 12.6. The molecule has 128 valence electrons. The van der Waals surface area contributed by atoms with Crippen molar-refractivity contribution >= 4 is 23.2 Å². The summed E-state index contributed by atoms with van der Waals surface area (Å²) in [6.45, 7) is 4.61. The van der Waals surface area contributed by atoms with E-state index in [1.807, 2.05) is 30.3 Å². The molecular formula is C18H22N2O3S. The molecule has 6 heteroatoms. The summed E-state index contributed by atoms with van der Waals surface area (Å²) in [5, 5.41) is 14.1. The monoisotopic (exact) mass is 346 g/mol. The van der Waals surface area contributed by atoms with Crippen LogP contribution < -0.4 is 5.32 Å². The molecular weight excluding hydrogens is 324 g/mol. The number of carboxylic acid groups (broad SMARTS) is 1. The van der Waals surface area contributed by atoms with Gasteiger partial charge in [0, 0.05) is 18.3 Å². The highest BCUT2D eigenvalue weighted by Gasteiger charge is 2.25. The fourth-order valence-electron chi connectivity index (χ4n) is 2.56. The average molecular weight is 346 g/mol. The smallest absolute Gasteiger partial charge is 0.355 e. The summed E-state index contributed by atoms with van der Waals surface area (Å²) in [5.41, 5.74) is 1.08. The van der Waals surface area contributed by atoms with E-state index in [-0.39, 0.29) is 23.4 Å². The topological polar surface area (TPSA) is 79.3 Å². The van der Waals surface area contributed by atoms with Crippen molar-refractivity contribution in [3.63, 3.8) is 0 Å². The predicted octanol–water partition coefficient (Wildman–Crippen LogP) is 3.33. The Balaban J connectivity index is 1.96. The SMILES string of the molecule is CCC(C)C(C(=O)NCCc1nc(C(=O)O)cs1)c1ccccc1. The van der Waals surface area contributed by atoms with Gasteiger partial charge in [0.15, 0.2) is 5.69 Å². The quantitative estimate of drug-likeness (QED) is 0.768. The zero-order valence-electron chi connectivity index (χ0n) is 13.9. The van der Waals surface area contributed by atoms with Crippen LogP contribution in [-0.4, -0.2) is 28.5 Å². The number of aromatic carboxylic acids is 1. The van der Waals surface area contributed by atoms with Crippen LogP contribution in [0.25, 0.3) is 0 Å². The molecule has 0 spiro atoms. The van der Waals surface area contributed by atoms with E-state index in [1.54, 1.807) is 0 Å². The zero-order chi connectivity index (χ0) is 17.5.